The zero-order chi connectivity index (χ0) is 11.5. The molecule has 0 aromatic rings. The quantitative estimate of drug-likeness (QED) is 0.529. The molecule has 0 aromatic heterocycles. The summed E-state index contributed by atoms with van der Waals surface area (Å²) in [5, 5.41) is 2.66. The van der Waals surface area contributed by atoms with Crippen LogP contribution in [0.2, 0.25) is 0 Å². The molecule has 0 aromatic carbocycles. The predicted molar refractivity (Wildman–Crippen MR) is 60.4 cm³/mol. The molecule has 0 atom stereocenters. The second-order valence-electron chi connectivity index (χ2n) is 4.29. The van der Waals surface area contributed by atoms with Gasteiger partial charge in [-0.2, -0.15) is 0 Å². The number of carbonyl (C=O) groups is 2. The highest BCUT2D eigenvalue weighted by atomic mass is 16.2. The van der Waals surface area contributed by atoms with Crippen molar-refractivity contribution in [2.24, 2.45) is 0 Å². The SMILES string of the molecule is CC1=CC(=O)/C(=C/N2CCCCC2)C(=O)N1. The highest BCUT2D eigenvalue weighted by molar-refractivity contribution is 6.25. The van der Waals surface area contributed by atoms with Gasteiger partial charge in [0, 0.05) is 31.1 Å². The van der Waals surface area contributed by atoms with E-state index in [1.807, 2.05) is 0 Å². The summed E-state index contributed by atoms with van der Waals surface area (Å²) < 4.78 is 0. The monoisotopic (exact) mass is 220 g/mol. The van der Waals surface area contributed by atoms with Crippen molar-refractivity contribution in [2.45, 2.75) is 26.2 Å². The molecule has 4 heteroatoms. The standard InChI is InChI=1S/C12H16N2O2/c1-9-7-11(15)10(12(16)13-9)8-14-5-3-2-4-6-14/h7-8H,2-6H2,1H3,(H,13,16)/b10-8-. The molecule has 0 unspecified atom stereocenters. The average molecular weight is 220 g/mol. The van der Waals surface area contributed by atoms with E-state index < -0.39 is 0 Å². The third kappa shape index (κ3) is 2.32. The van der Waals surface area contributed by atoms with Crippen LogP contribution in [-0.2, 0) is 9.59 Å². The number of ketones is 1. The fourth-order valence-corrected chi connectivity index (χ4v) is 2.02. The fraction of sp³-hybridized carbons (Fsp3) is 0.500. The zero-order valence-corrected chi connectivity index (χ0v) is 9.45. The first kappa shape index (κ1) is 10.9. The van der Waals surface area contributed by atoms with Crippen LogP contribution in [0, 0.1) is 0 Å². The van der Waals surface area contributed by atoms with E-state index in [-0.39, 0.29) is 17.3 Å². The van der Waals surface area contributed by atoms with E-state index in [2.05, 4.69) is 10.2 Å². The van der Waals surface area contributed by atoms with Gasteiger partial charge < -0.3 is 10.2 Å². The molecular weight excluding hydrogens is 204 g/mol. The van der Waals surface area contributed by atoms with Gasteiger partial charge in [-0.3, -0.25) is 9.59 Å². The molecule has 2 heterocycles. The van der Waals surface area contributed by atoms with Crippen molar-refractivity contribution < 1.29 is 9.59 Å². The molecule has 86 valence electrons. The number of piperidine rings is 1. The summed E-state index contributed by atoms with van der Waals surface area (Å²) in [7, 11) is 0. The lowest BCUT2D eigenvalue weighted by Gasteiger charge is -2.26. The van der Waals surface area contributed by atoms with Crippen molar-refractivity contribution in [2.75, 3.05) is 13.1 Å². The van der Waals surface area contributed by atoms with E-state index >= 15 is 0 Å². The molecule has 1 saturated heterocycles. The van der Waals surface area contributed by atoms with Crippen LogP contribution in [0.25, 0.3) is 0 Å². The van der Waals surface area contributed by atoms with Gasteiger partial charge in [0.05, 0.1) is 0 Å². The van der Waals surface area contributed by atoms with Gasteiger partial charge in [-0.1, -0.05) is 0 Å². The summed E-state index contributed by atoms with van der Waals surface area (Å²) in [5.74, 6) is -0.470. The zero-order valence-electron chi connectivity index (χ0n) is 9.45. The molecule has 1 fully saturated rings. The van der Waals surface area contributed by atoms with Crippen LogP contribution in [0.4, 0.5) is 0 Å². The van der Waals surface area contributed by atoms with Crippen LogP contribution in [-0.4, -0.2) is 29.7 Å². The highest BCUT2D eigenvalue weighted by Gasteiger charge is 2.23. The minimum absolute atomic E-state index is 0.188. The van der Waals surface area contributed by atoms with Crippen LogP contribution in [0.5, 0.6) is 0 Å². The third-order valence-corrected chi connectivity index (χ3v) is 2.87. The van der Waals surface area contributed by atoms with Crippen LogP contribution < -0.4 is 5.32 Å². The molecule has 2 aliphatic rings. The van der Waals surface area contributed by atoms with Gasteiger partial charge in [0.15, 0.2) is 5.78 Å². The van der Waals surface area contributed by atoms with Gasteiger partial charge in [0.1, 0.15) is 5.57 Å². The first-order valence-corrected chi connectivity index (χ1v) is 5.66. The summed E-state index contributed by atoms with van der Waals surface area (Å²) in [4.78, 5) is 25.3. The Morgan fingerprint density at radius 1 is 1.25 bits per heavy atom. The summed E-state index contributed by atoms with van der Waals surface area (Å²) in [6.45, 7) is 3.59. The second kappa shape index (κ2) is 4.51. The minimum atomic E-state index is -0.282. The summed E-state index contributed by atoms with van der Waals surface area (Å²) in [6.07, 6.45) is 6.68. The first-order valence-electron chi connectivity index (χ1n) is 5.66. The molecule has 16 heavy (non-hydrogen) atoms. The lowest BCUT2D eigenvalue weighted by atomic mass is 10.1. The van der Waals surface area contributed by atoms with Crippen LogP contribution in [0.3, 0.4) is 0 Å². The molecule has 0 spiro atoms. The van der Waals surface area contributed by atoms with E-state index in [1.54, 1.807) is 13.1 Å². The topological polar surface area (TPSA) is 49.4 Å². The van der Waals surface area contributed by atoms with Crippen LogP contribution in [0.15, 0.2) is 23.5 Å². The third-order valence-electron chi connectivity index (χ3n) is 2.87. The molecule has 1 amide bonds. The van der Waals surface area contributed by atoms with Gasteiger partial charge in [0.2, 0.25) is 0 Å². The number of likely N-dealkylation sites (tertiary alicyclic amines) is 1. The largest absolute Gasteiger partial charge is 0.377 e. The molecule has 1 N–H and O–H groups in total. The predicted octanol–water partition coefficient (Wildman–Crippen LogP) is 0.959. The number of allylic oxidation sites excluding steroid dienone is 2. The lowest BCUT2D eigenvalue weighted by molar-refractivity contribution is -0.121. The Morgan fingerprint density at radius 2 is 1.94 bits per heavy atom. The maximum absolute atomic E-state index is 11.7. The van der Waals surface area contributed by atoms with Gasteiger partial charge in [-0.05, 0) is 26.2 Å². The van der Waals surface area contributed by atoms with Crippen molar-refractivity contribution in [3.63, 3.8) is 0 Å². The average Bonchev–Trinajstić information content (AvgIpc) is 2.25. The Morgan fingerprint density at radius 3 is 2.56 bits per heavy atom. The molecular formula is C12H16N2O2. The van der Waals surface area contributed by atoms with E-state index in [0.717, 1.165) is 25.9 Å². The van der Waals surface area contributed by atoms with Crippen molar-refractivity contribution in [1.82, 2.24) is 10.2 Å². The van der Waals surface area contributed by atoms with Crippen LogP contribution >= 0.6 is 0 Å². The maximum atomic E-state index is 11.7. The Hall–Kier alpha value is -1.58. The lowest BCUT2D eigenvalue weighted by Crippen LogP contribution is -2.34. The van der Waals surface area contributed by atoms with Gasteiger partial charge in [0.25, 0.3) is 5.91 Å². The number of hydrogen-bond donors (Lipinski definition) is 1. The maximum Gasteiger partial charge on any atom is 0.260 e. The van der Waals surface area contributed by atoms with E-state index in [4.69, 9.17) is 0 Å². The highest BCUT2D eigenvalue weighted by Crippen LogP contribution is 2.13. The number of nitrogens with one attached hydrogen (secondary N) is 1. The minimum Gasteiger partial charge on any atom is -0.377 e. The Balaban J connectivity index is 2.16. The normalized spacial score (nSPS) is 24.4. The molecule has 4 nitrogen and oxygen atoms in total. The molecule has 2 rings (SSSR count). The number of amides is 1. The summed E-state index contributed by atoms with van der Waals surface area (Å²) in [5.41, 5.74) is 0.873. The first-order chi connectivity index (χ1) is 7.66. The van der Waals surface area contributed by atoms with Gasteiger partial charge in [-0.15, -0.1) is 0 Å². The van der Waals surface area contributed by atoms with Crippen molar-refractivity contribution in [1.29, 1.82) is 0 Å². The van der Waals surface area contributed by atoms with Crippen molar-refractivity contribution in [3.8, 4) is 0 Å². The molecule has 0 aliphatic carbocycles. The molecule has 2 aliphatic heterocycles. The van der Waals surface area contributed by atoms with Gasteiger partial charge >= 0.3 is 0 Å². The number of hydrogen-bond acceptors (Lipinski definition) is 3. The van der Waals surface area contributed by atoms with Crippen molar-refractivity contribution >= 4 is 11.7 Å². The number of carbonyl (C=O) groups excluding carboxylic acids is 2. The van der Waals surface area contributed by atoms with E-state index in [9.17, 15) is 9.59 Å². The number of nitrogens with zero attached hydrogens (tertiary/aromatic N) is 1. The summed E-state index contributed by atoms with van der Waals surface area (Å²) >= 11 is 0. The Labute approximate surface area is 95.0 Å². The Kier molecular flexibility index (Phi) is 3.08. The molecule has 0 radical (unpaired) electrons. The smallest absolute Gasteiger partial charge is 0.260 e. The Bertz CT molecular complexity index is 376. The van der Waals surface area contributed by atoms with E-state index in [0.29, 0.717) is 5.70 Å². The fourth-order valence-electron chi connectivity index (χ4n) is 2.02. The van der Waals surface area contributed by atoms with E-state index in [1.165, 1.54) is 12.5 Å². The van der Waals surface area contributed by atoms with Gasteiger partial charge in [-0.25, -0.2) is 0 Å². The van der Waals surface area contributed by atoms with Crippen molar-refractivity contribution in [3.05, 3.63) is 23.5 Å². The molecule has 0 saturated carbocycles. The second-order valence-corrected chi connectivity index (χ2v) is 4.29. The molecule has 0 bridgehead atoms. The summed E-state index contributed by atoms with van der Waals surface area (Å²) in [6, 6.07) is 0. The number of rotatable bonds is 1. The van der Waals surface area contributed by atoms with Crippen LogP contribution in [0.1, 0.15) is 26.2 Å².